The van der Waals surface area contributed by atoms with Crippen LogP contribution in [0.15, 0.2) is 24.4 Å². The van der Waals surface area contributed by atoms with Crippen molar-refractivity contribution in [3.05, 3.63) is 24.4 Å². The van der Waals surface area contributed by atoms with E-state index < -0.39 is 12.3 Å². The molecule has 2 aliphatic heterocycles. The third-order valence-electron chi connectivity index (χ3n) is 4.55. The number of aliphatic hydroxyl groups is 1. The number of hydrogen-bond donors (Lipinski definition) is 1. The van der Waals surface area contributed by atoms with Crippen molar-refractivity contribution in [1.29, 1.82) is 0 Å². The Balaban J connectivity index is 1.41. The van der Waals surface area contributed by atoms with Crippen LogP contribution < -0.4 is 4.90 Å². The molecule has 5 nitrogen and oxygen atoms in total. The van der Waals surface area contributed by atoms with Crippen molar-refractivity contribution >= 4 is 5.82 Å². The minimum Gasteiger partial charge on any atom is -0.382 e. The van der Waals surface area contributed by atoms with Gasteiger partial charge in [0.1, 0.15) is 5.82 Å². The fourth-order valence-corrected chi connectivity index (χ4v) is 3.13. The van der Waals surface area contributed by atoms with Crippen LogP contribution in [0.25, 0.3) is 0 Å². The van der Waals surface area contributed by atoms with Gasteiger partial charge in [0.2, 0.25) is 0 Å². The Hall–Kier alpha value is -1.38. The first-order chi connectivity index (χ1) is 10.9. The molecule has 2 aliphatic rings. The maximum Gasteiger partial charge on any atom is 0.415 e. The molecule has 1 N–H and O–H groups in total. The van der Waals surface area contributed by atoms with Crippen LogP contribution in [0, 0.1) is 0 Å². The number of alkyl halides is 3. The monoisotopic (exact) mass is 330 g/mol. The molecule has 0 radical (unpaired) electrons. The lowest BCUT2D eigenvalue weighted by Gasteiger charge is -2.48. The number of β-amino-alcohol motifs (C(OH)–C–C–N with tert-alkyl or cyclic N) is 1. The van der Waals surface area contributed by atoms with Crippen molar-refractivity contribution in [2.75, 3.05) is 50.7 Å². The molecular formula is C15H21F3N4O. The fraction of sp³-hybridized carbons (Fsp3) is 0.667. The Morgan fingerprint density at radius 3 is 2.43 bits per heavy atom. The Morgan fingerprint density at radius 2 is 1.87 bits per heavy atom. The van der Waals surface area contributed by atoms with E-state index in [2.05, 4.69) is 14.8 Å². The lowest BCUT2D eigenvalue weighted by Crippen LogP contribution is -2.64. The quantitative estimate of drug-likeness (QED) is 0.885. The van der Waals surface area contributed by atoms with E-state index in [1.807, 2.05) is 18.2 Å². The van der Waals surface area contributed by atoms with Crippen LogP contribution in [0.5, 0.6) is 0 Å². The number of anilines is 1. The van der Waals surface area contributed by atoms with E-state index in [1.54, 1.807) is 11.1 Å². The molecule has 0 amide bonds. The van der Waals surface area contributed by atoms with Crippen molar-refractivity contribution in [2.45, 2.75) is 18.3 Å². The van der Waals surface area contributed by atoms with Crippen molar-refractivity contribution in [2.24, 2.45) is 0 Å². The number of aromatic nitrogens is 1. The molecule has 1 aromatic rings. The third-order valence-corrected chi connectivity index (χ3v) is 4.55. The summed E-state index contributed by atoms with van der Waals surface area (Å²) in [6, 6.07) is 6.13. The fourth-order valence-electron chi connectivity index (χ4n) is 3.13. The summed E-state index contributed by atoms with van der Waals surface area (Å²) >= 11 is 0. The number of rotatable bonds is 4. The van der Waals surface area contributed by atoms with Crippen molar-refractivity contribution < 1.29 is 18.3 Å². The molecule has 2 fully saturated rings. The second-order valence-electron chi connectivity index (χ2n) is 6.14. The molecule has 0 aliphatic carbocycles. The van der Waals surface area contributed by atoms with E-state index in [0.29, 0.717) is 19.1 Å². The van der Waals surface area contributed by atoms with E-state index in [4.69, 9.17) is 5.11 Å². The Kier molecular flexibility index (Phi) is 4.74. The highest BCUT2D eigenvalue weighted by atomic mass is 19.4. The van der Waals surface area contributed by atoms with Crippen LogP contribution in [-0.4, -0.2) is 84.0 Å². The van der Waals surface area contributed by atoms with Gasteiger partial charge in [-0.2, -0.15) is 13.2 Å². The van der Waals surface area contributed by atoms with E-state index in [9.17, 15) is 13.2 Å². The lowest BCUT2D eigenvalue weighted by atomic mass is 10.1. The zero-order valence-electron chi connectivity index (χ0n) is 12.8. The second kappa shape index (κ2) is 6.62. The van der Waals surface area contributed by atoms with Gasteiger partial charge >= 0.3 is 6.18 Å². The van der Waals surface area contributed by atoms with Gasteiger partial charge in [0.15, 0.2) is 6.10 Å². The topological polar surface area (TPSA) is 42.8 Å². The van der Waals surface area contributed by atoms with Crippen LogP contribution in [0.4, 0.5) is 19.0 Å². The highest BCUT2D eigenvalue weighted by Crippen LogP contribution is 2.24. The minimum absolute atomic E-state index is 0.293. The summed E-state index contributed by atoms with van der Waals surface area (Å²) in [6.45, 7) is 4.38. The van der Waals surface area contributed by atoms with Crippen LogP contribution in [0.3, 0.4) is 0 Å². The normalized spacial score (nSPS) is 22.9. The maximum absolute atomic E-state index is 12.3. The van der Waals surface area contributed by atoms with Gasteiger partial charge in [0.25, 0.3) is 0 Å². The molecule has 23 heavy (non-hydrogen) atoms. The number of pyridine rings is 1. The van der Waals surface area contributed by atoms with E-state index >= 15 is 0 Å². The molecule has 8 heteroatoms. The van der Waals surface area contributed by atoms with E-state index in [-0.39, 0.29) is 6.54 Å². The number of halogens is 3. The summed E-state index contributed by atoms with van der Waals surface area (Å²) in [5.74, 6) is 0.968. The van der Waals surface area contributed by atoms with Gasteiger partial charge in [-0.05, 0) is 12.1 Å². The van der Waals surface area contributed by atoms with Crippen molar-refractivity contribution in [1.82, 2.24) is 14.8 Å². The molecule has 1 unspecified atom stereocenters. The molecule has 128 valence electrons. The molecular weight excluding hydrogens is 309 g/mol. The number of likely N-dealkylation sites (tertiary alicyclic amines) is 1. The van der Waals surface area contributed by atoms with Gasteiger partial charge in [-0.3, -0.25) is 9.80 Å². The van der Waals surface area contributed by atoms with Crippen molar-refractivity contribution in [3.63, 3.8) is 0 Å². The van der Waals surface area contributed by atoms with Gasteiger partial charge in [-0.1, -0.05) is 6.07 Å². The third kappa shape index (κ3) is 3.94. The van der Waals surface area contributed by atoms with Gasteiger partial charge < -0.3 is 10.0 Å². The standard InChI is InChI=1S/C15H21F3N4O/c16-15(17,18)13(23)11-20-9-12(10-20)21-5-7-22(8-6-21)14-3-1-2-4-19-14/h1-4,12-13,23H,5-11H2. The first kappa shape index (κ1) is 16.5. The molecule has 3 heterocycles. The van der Waals surface area contributed by atoms with Gasteiger partial charge in [0.05, 0.1) is 0 Å². The highest BCUT2D eigenvalue weighted by Gasteiger charge is 2.42. The number of hydrogen-bond acceptors (Lipinski definition) is 5. The minimum atomic E-state index is -4.53. The van der Waals surface area contributed by atoms with Crippen molar-refractivity contribution in [3.8, 4) is 0 Å². The first-order valence-corrected chi connectivity index (χ1v) is 7.80. The maximum atomic E-state index is 12.3. The van der Waals surface area contributed by atoms with Crippen LogP contribution in [0.1, 0.15) is 0 Å². The number of piperazine rings is 1. The molecule has 1 atom stereocenters. The molecule has 1 aromatic heterocycles. The predicted molar refractivity (Wildman–Crippen MR) is 80.3 cm³/mol. The Morgan fingerprint density at radius 1 is 1.17 bits per heavy atom. The molecule has 0 saturated carbocycles. The average Bonchev–Trinajstić information content (AvgIpc) is 2.50. The average molecular weight is 330 g/mol. The molecule has 3 rings (SSSR count). The number of aliphatic hydroxyl groups excluding tert-OH is 1. The second-order valence-corrected chi connectivity index (χ2v) is 6.14. The summed E-state index contributed by atoms with van der Waals surface area (Å²) in [5.41, 5.74) is 0. The lowest BCUT2D eigenvalue weighted by molar-refractivity contribution is -0.212. The zero-order valence-corrected chi connectivity index (χ0v) is 12.8. The highest BCUT2D eigenvalue weighted by molar-refractivity contribution is 5.38. The SMILES string of the molecule is OC(CN1CC(N2CCN(c3ccccn3)CC2)C1)C(F)(F)F. The smallest absolute Gasteiger partial charge is 0.382 e. The van der Waals surface area contributed by atoms with Gasteiger partial charge in [-0.25, -0.2) is 4.98 Å². The zero-order chi connectivity index (χ0) is 16.4. The summed E-state index contributed by atoms with van der Waals surface area (Å²) < 4.78 is 37.0. The summed E-state index contributed by atoms with van der Waals surface area (Å²) in [6.07, 6.45) is -5.00. The molecule has 2 saturated heterocycles. The Bertz CT molecular complexity index is 499. The van der Waals surface area contributed by atoms with Gasteiger partial charge in [0, 0.05) is 58.1 Å². The summed E-state index contributed by atoms with van der Waals surface area (Å²) in [4.78, 5) is 10.5. The largest absolute Gasteiger partial charge is 0.415 e. The first-order valence-electron chi connectivity index (χ1n) is 7.80. The van der Waals surface area contributed by atoms with Gasteiger partial charge in [-0.15, -0.1) is 0 Å². The van der Waals surface area contributed by atoms with Crippen LogP contribution in [-0.2, 0) is 0 Å². The molecule has 0 aromatic carbocycles. The summed E-state index contributed by atoms with van der Waals surface area (Å²) in [5, 5.41) is 9.08. The number of nitrogens with zero attached hydrogens (tertiary/aromatic N) is 4. The van der Waals surface area contributed by atoms with Crippen LogP contribution >= 0.6 is 0 Å². The van der Waals surface area contributed by atoms with E-state index in [0.717, 1.165) is 32.0 Å². The Labute approximate surface area is 133 Å². The summed E-state index contributed by atoms with van der Waals surface area (Å²) in [7, 11) is 0. The van der Waals surface area contributed by atoms with Crippen LogP contribution in [0.2, 0.25) is 0 Å². The molecule has 0 bridgehead atoms. The predicted octanol–water partition coefficient (Wildman–Crippen LogP) is 0.811. The van der Waals surface area contributed by atoms with E-state index in [1.165, 1.54) is 0 Å². The molecule has 0 spiro atoms.